The average molecular weight is 336 g/mol. The fourth-order valence-electron chi connectivity index (χ4n) is 4.59. The fraction of sp³-hybridized carbons (Fsp3) is 0.381. The third-order valence-electron chi connectivity index (χ3n) is 5.94. The first kappa shape index (κ1) is 15.0. The molecule has 4 nitrogen and oxygen atoms in total. The molecule has 0 aliphatic carbocycles. The lowest BCUT2D eigenvalue weighted by Gasteiger charge is -2.41. The summed E-state index contributed by atoms with van der Waals surface area (Å²) < 4.78 is 12.0. The summed E-state index contributed by atoms with van der Waals surface area (Å²) in [5.41, 5.74) is 1.81. The fourth-order valence-corrected chi connectivity index (χ4v) is 4.59. The van der Waals surface area contributed by atoms with E-state index < -0.39 is 5.92 Å². The van der Waals surface area contributed by atoms with Crippen molar-refractivity contribution in [3.05, 3.63) is 59.7 Å². The number of para-hydroxylation sites is 2. The van der Waals surface area contributed by atoms with Gasteiger partial charge < -0.3 is 14.4 Å². The van der Waals surface area contributed by atoms with E-state index in [2.05, 4.69) is 0 Å². The van der Waals surface area contributed by atoms with Gasteiger partial charge in [-0.05, 0) is 12.1 Å². The van der Waals surface area contributed by atoms with Gasteiger partial charge in [0.2, 0.25) is 0 Å². The van der Waals surface area contributed by atoms with Gasteiger partial charge in [0.25, 0.3) is 0 Å². The number of benzene rings is 2. The number of carbonyl (C=O) groups is 1. The van der Waals surface area contributed by atoms with Crippen LogP contribution in [0.5, 0.6) is 11.5 Å². The van der Waals surface area contributed by atoms with Crippen molar-refractivity contribution in [2.75, 3.05) is 19.6 Å². The third-order valence-corrected chi connectivity index (χ3v) is 5.94. The van der Waals surface area contributed by atoms with Crippen LogP contribution in [0.2, 0.25) is 0 Å². The van der Waals surface area contributed by atoms with Gasteiger partial charge in [0.05, 0.1) is 13.1 Å². The van der Waals surface area contributed by atoms with Crippen LogP contribution in [0.25, 0.3) is 0 Å². The van der Waals surface area contributed by atoms with Crippen LogP contribution >= 0.6 is 0 Å². The SMILES string of the molecule is O=C(O[C@H]1C[NH+]2CCC1CC2)C1c2ccccc2Oc2ccccc21. The zero-order valence-electron chi connectivity index (χ0n) is 14.1. The number of fused-ring (bicyclic) bond motifs is 5. The number of hydrogen-bond donors (Lipinski definition) is 1. The number of quaternary nitrogens is 1. The summed E-state index contributed by atoms with van der Waals surface area (Å²) in [6, 6.07) is 15.6. The Morgan fingerprint density at radius 1 is 0.960 bits per heavy atom. The van der Waals surface area contributed by atoms with Gasteiger partial charge >= 0.3 is 5.97 Å². The molecule has 4 aliphatic heterocycles. The first-order chi connectivity index (χ1) is 12.3. The topological polar surface area (TPSA) is 40.0 Å². The summed E-state index contributed by atoms with van der Waals surface area (Å²) in [5, 5.41) is 0. The van der Waals surface area contributed by atoms with Gasteiger partial charge in [-0.1, -0.05) is 36.4 Å². The summed E-state index contributed by atoms with van der Waals surface area (Å²) in [7, 11) is 0. The lowest BCUT2D eigenvalue weighted by Crippen LogP contribution is -3.16. The average Bonchev–Trinajstić information content (AvgIpc) is 2.67. The molecule has 0 unspecified atom stereocenters. The predicted molar refractivity (Wildman–Crippen MR) is 93.0 cm³/mol. The number of ether oxygens (including phenoxy) is 2. The second-order valence-electron chi connectivity index (χ2n) is 7.38. The Bertz CT molecular complexity index is 765. The highest BCUT2D eigenvalue weighted by Crippen LogP contribution is 2.44. The Hall–Kier alpha value is -2.33. The molecule has 4 heterocycles. The van der Waals surface area contributed by atoms with E-state index in [4.69, 9.17) is 9.47 Å². The summed E-state index contributed by atoms with van der Waals surface area (Å²) in [4.78, 5) is 14.8. The minimum absolute atomic E-state index is 0.0622. The van der Waals surface area contributed by atoms with Crippen LogP contribution in [-0.2, 0) is 9.53 Å². The highest BCUT2D eigenvalue weighted by Gasteiger charge is 2.42. The van der Waals surface area contributed by atoms with Crippen LogP contribution in [0, 0.1) is 5.92 Å². The first-order valence-corrected chi connectivity index (χ1v) is 9.19. The quantitative estimate of drug-likeness (QED) is 0.854. The molecule has 25 heavy (non-hydrogen) atoms. The normalized spacial score (nSPS) is 27.1. The molecule has 0 spiro atoms. The molecule has 4 heteroatoms. The minimum Gasteiger partial charge on any atom is -0.457 e. The number of piperidine rings is 3. The number of rotatable bonds is 2. The molecule has 128 valence electrons. The number of carbonyl (C=O) groups excluding carboxylic acids is 1. The predicted octanol–water partition coefficient (Wildman–Crippen LogP) is 2.14. The highest BCUT2D eigenvalue weighted by atomic mass is 16.5. The summed E-state index contributed by atoms with van der Waals surface area (Å²) in [6.45, 7) is 3.41. The van der Waals surface area contributed by atoms with Gasteiger partial charge in [-0.3, -0.25) is 4.79 Å². The van der Waals surface area contributed by atoms with E-state index in [1.807, 2.05) is 48.5 Å². The first-order valence-electron chi connectivity index (χ1n) is 9.19. The number of esters is 1. The largest absolute Gasteiger partial charge is 0.457 e. The van der Waals surface area contributed by atoms with Crippen LogP contribution in [0.15, 0.2) is 48.5 Å². The summed E-state index contributed by atoms with van der Waals surface area (Å²) in [5.74, 6) is 1.50. The molecule has 2 aromatic carbocycles. The minimum atomic E-state index is -0.397. The van der Waals surface area contributed by atoms with Gasteiger partial charge in [0.1, 0.15) is 24.0 Å². The molecular weight excluding hydrogens is 314 g/mol. The van der Waals surface area contributed by atoms with Crippen LogP contribution in [-0.4, -0.2) is 31.7 Å². The van der Waals surface area contributed by atoms with Gasteiger partial charge in [0, 0.05) is 29.9 Å². The molecule has 6 rings (SSSR count). The van der Waals surface area contributed by atoms with Crippen LogP contribution in [0.4, 0.5) is 0 Å². The lowest BCUT2D eigenvalue weighted by atomic mass is 9.85. The van der Waals surface area contributed by atoms with Crippen molar-refractivity contribution < 1.29 is 19.2 Å². The zero-order chi connectivity index (χ0) is 16.8. The Kier molecular flexibility index (Phi) is 3.52. The molecule has 2 aromatic rings. The standard InChI is InChI=1S/C21H21NO3/c23-21(25-19-13-22-11-9-14(19)10-12-22)20-15-5-1-3-7-17(15)24-18-8-4-2-6-16(18)20/h1-8,14,19-20H,9-13H2/p+1/t19-/m0/s1. The van der Waals surface area contributed by atoms with Crippen molar-refractivity contribution in [3.63, 3.8) is 0 Å². The maximum atomic E-state index is 13.2. The lowest BCUT2D eigenvalue weighted by molar-refractivity contribution is -0.920. The molecule has 4 aliphatic rings. The van der Waals surface area contributed by atoms with Crippen LogP contribution in [0.1, 0.15) is 29.9 Å². The second kappa shape index (κ2) is 5.88. The molecule has 1 atom stereocenters. The molecule has 0 aromatic heterocycles. The van der Waals surface area contributed by atoms with Gasteiger partial charge in [-0.15, -0.1) is 0 Å². The maximum Gasteiger partial charge on any atom is 0.318 e. The number of nitrogens with one attached hydrogen (secondary N) is 1. The smallest absolute Gasteiger partial charge is 0.318 e. The number of hydrogen-bond acceptors (Lipinski definition) is 3. The van der Waals surface area contributed by atoms with Crippen molar-refractivity contribution in [1.82, 2.24) is 0 Å². The Morgan fingerprint density at radius 3 is 2.12 bits per heavy atom. The third kappa shape index (κ3) is 2.52. The van der Waals surface area contributed by atoms with Gasteiger partial charge in [0.15, 0.2) is 6.10 Å². The highest BCUT2D eigenvalue weighted by molar-refractivity contribution is 5.85. The Morgan fingerprint density at radius 2 is 1.56 bits per heavy atom. The molecule has 1 N–H and O–H groups in total. The van der Waals surface area contributed by atoms with E-state index in [1.54, 1.807) is 4.90 Å². The van der Waals surface area contributed by atoms with Gasteiger partial charge in [-0.25, -0.2) is 0 Å². The van der Waals surface area contributed by atoms with E-state index in [1.165, 1.54) is 25.9 Å². The van der Waals surface area contributed by atoms with Crippen molar-refractivity contribution in [2.24, 2.45) is 5.92 Å². The van der Waals surface area contributed by atoms with Crippen molar-refractivity contribution in [2.45, 2.75) is 24.9 Å². The molecule has 0 radical (unpaired) electrons. The van der Waals surface area contributed by atoms with Crippen LogP contribution in [0.3, 0.4) is 0 Å². The van der Waals surface area contributed by atoms with Crippen molar-refractivity contribution >= 4 is 5.97 Å². The second-order valence-corrected chi connectivity index (χ2v) is 7.38. The maximum absolute atomic E-state index is 13.2. The van der Waals surface area contributed by atoms with E-state index in [-0.39, 0.29) is 12.1 Å². The van der Waals surface area contributed by atoms with E-state index in [0.717, 1.165) is 29.2 Å². The van der Waals surface area contributed by atoms with Gasteiger partial charge in [-0.2, -0.15) is 0 Å². The summed E-state index contributed by atoms with van der Waals surface area (Å²) >= 11 is 0. The molecule has 0 amide bonds. The van der Waals surface area contributed by atoms with Crippen molar-refractivity contribution in [3.8, 4) is 11.5 Å². The summed E-state index contributed by atoms with van der Waals surface area (Å²) in [6.07, 6.45) is 2.41. The molecule has 3 saturated heterocycles. The zero-order valence-corrected chi connectivity index (χ0v) is 14.1. The van der Waals surface area contributed by atoms with E-state index >= 15 is 0 Å². The van der Waals surface area contributed by atoms with Crippen LogP contribution < -0.4 is 9.64 Å². The molecule has 2 bridgehead atoms. The molecule has 0 saturated carbocycles. The van der Waals surface area contributed by atoms with E-state index in [0.29, 0.717) is 5.92 Å². The Balaban J connectivity index is 1.47. The Labute approximate surface area is 147 Å². The van der Waals surface area contributed by atoms with Crippen molar-refractivity contribution in [1.29, 1.82) is 0 Å². The molecular formula is C21H22NO3+. The molecule has 3 fully saturated rings. The monoisotopic (exact) mass is 336 g/mol. The van der Waals surface area contributed by atoms with E-state index in [9.17, 15) is 4.79 Å².